The standard InChI is InChI=1S/C13H20N4O/c1-13(2)6-10(17(3)9-13)7-16-12(18)11-8-14-4-5-15-11/h4-5,8,10H,6-7,9H2,1-3H3,(H,16,18). The molecule has 0 aromatic carbocycles. The molecule has 98 valence electrons. The molecule has 1 aromatic heterocycles. The van der Waals surface area contributed by atoms with Gasteiger partial charge in [-0.25, -0.2) is 4.98 Å². The summed E-state index contributed by atoms with van der Waals surface area (Å²) in [7, 11) is 2.11. The fourth-order valence-electron chi connectivity index (χ4n) is 2.61. The highest BCUT2D eigenvalue weighted by molar-refractivity contribution is 5.91. The first-order valence-electron chi connectivity index (χ1n) is 6.22. The van der Waals surface area contributed by atoms with Crippen molar-refractivity contribution in [3.63, 3.8) is 0 Å². The zero-order chi connectivity index (χ0) is 13.2. The maximum atomic E-state index is 11.8. The summed E-state index contributed by atoms with van der Waals surface area (Å²) in [6.07, 6.45) is 5.67. The summed E-state index contributed by atoms with van der Waals surface area (Å²) in [5, 5.41) is 2.93. The van der Waals surface area contributed by atoms with Crippen molar-refractivity contribution in [2.45, 2.75) is 26.3 Å². The highest BCUT2D eigenvalue weighted by Crippen LogP contribution is 2.32. The van der Waals surface area contributed by atoms with Crippen LogP contribution in [0.25, 0.3) is 0 Å². The van der Waals surface area contributed by atoms with Gasteiger partial charge in [-0.05, 0) is 18.9 Å². The first-order chi connectivity index (χ1) is 8.48. The summed E-state index contributed by atoms with van der Waals surface area (Å²) in [5.74, 6) is -0.152. The maximum Gasteiger partial charge on any atom is 0.271 e. The third-order valence-electron chi connectivity index (χ3n) is 3.38. The maximum absolute atomic E-state index is 11.8. The molecule has 1 amide bonds. The van der Waals surface area contributed by atoms with Gasteiger partial charge in [0.15, 0.2) is 0 Å². The smallest absolute Gasteiger partial charge is 0.271 e. The Morgan fingerprint density at radius 2 is 2.33 bits per heavy atom. The van der Waals surface area contributed by atoms with Crippen LogP contribution in [0, 0.1) is 5.41 Å². The molecule has 1 aliphatic rings. The predicted molar refractivity (Wildman–Crippen MR) is 69.2 cm³/mol. The number of likely N-dealkylation sites (N-methyl/N-ethyl adjacent to an activating group) is 1. The summed E-state index contributed by atoms with van der Waals surface area (Å²) in [6.45, 7) is 6.25. The van der Waals surface area contributed by atoms with E-state index in [1.54, 1.807) is 6.20 Å². The van der Waals surface area contributed by atoms with E-state index in [1.807, 2.05) is 0 Å². The second kappa shape index (κ2) is 5.02. The van der Waals surface area contributed by atoms with Crippen molar-refractivity contribution >= 4 is 5.91 Å². The third-order valence-corrected chi connectivity index (χ3v) is 3.38. The summed E-state index contributed by atoms with van der Waals surface area (Å²) in [5.41, 5.74) is 0.703. The number of hydrogen-bond acceptors (Lipinski definition) is 4. The molecule has 0 radical (unpaired) electrons. The van der Waals surface area contributed by atoms with E-state index in [0.717, 1.165) is 13.0 Å². The molecule has 0 saturated carbocycles. The lowest BCUT2D eigenvalue weighted by Gasteiger charge is -2.19. The minimum atomic E-state index is -0.152. The normalized spacial score (nSPS) is 22.9. The highest BCUT2D eigenvalue weighted by Gasteiger charge is 2.35. The molecule has 1 aliphatic heterocycles. The van der Waals surface area contributed by atoms with Crippen LogP contribution in [0.1, 0.15) is 30.8 Å². The molecule has 2 rings (SSSR count). The van der Waals surface area contributed by atoms with Crippen LogP contribution in [0.2, 0.25) is 0 Å². The van der Waals surface area contributed by atoms with Gasteiger partial charge in [-0.15, -0.1) is 0 Å². The lowest BCUT2D eigenvalue weighted by molar-refractivity contribution is 0.0938. The van der Waals surface area contributed by atoms with Crippen molar-refractivity contribution in [2.75, 3.05) is 20.1 Å². The molecule has 2 heterocycles. The average molecular weight is 248 g/mol. The molecule has 5 nitrogen and oxygen atoms in total. The van der Waals surface area contributed by atoms with E-state index < -0.39 is 0 Å². The molecule has 0 bridgehead atoms. The second-order valence-electron chi connectivity index (χ2n) is 5.74. The third kappa shape index (κ3) is 3.04. The molecule has 1 fully saturated rings. The van der Waals surface area contributed by atoms with Crippen molar-refractivity contribution in [1.29, 1.82) is 0 Å². The largest absolute Gasteiger partial charge is 0.349 e. The summed E-state index contributed by atoms with van der Waals surface area (Å²) in [6, 6.07) is 0.403. The Morgan fingerprint density at radius 1 is 1.56 bits per heavy atom. The Kier molecular flexibility index (Phi) is 3.61. The van der Waals surface area contributed by atoms with Gasteiger partial charge in [-0.3, -0.25) is 9.78 Å². The molecule has 1 atom stereocenters. The Balaban J connectivity index is 1.87. The van der Waals surface area contributed by atoms with E-state index in [9.17, 15) is 4.79 Å². The number of nitrogens with one attached hydrogen (secondary N) is 1. The number of carbonyl (C=O) groups is 1. The summed E-state index contributed by atoms with van der Waals surface area (Å²) < 4.78 is 0. The molecule has 1 saturated heterocycles. The van der Waals surface area contributed by atoms with E-state index in [4.69, 9.17) is 0 Å². The Morgan fingerprint density at radius 3 is 2.89 bits per heavy atom. The van der Waals surface area contributed by atoms with Crippen LogP contribution in [0.4, 0.5) is 0 Å². The van der Waals surface area contributed by atoms with Crippen LogP contribution >= 0.6 is 0 Å². The molecule has 1 N–H and O–H groups in total. The first kappa shape index (κ1) is 13.0. The number of amides is 1. The number of carbonyl (C=O) groups excluding carboxylic acids is 1. The monoisotopic (exact) mass is 248 g/mol. The lowest BCUT2D eigenvalue weighted by atomic mass is 9.91. The number of hydrogen-bond donors (Lipinski definition) is 1. The Labute approximate surface area is 108 Å². The first-order valence-corrected chi connectivity index (χ1v) is 6.22. The van der Waals surface area contributed by atoms with E-state index in [1.165, 1.54) is 12.4 Å². The number of rotatable bonds is 3. The molecule has 5 heteroatoms. The summed E-state index contributed by atoms with van der Waals surface area (Å²) >= 11 is 0. The molecule has 1 aromatic rings. The zero-order valence-corrected chi connectivity index (χ0v) is 11.2. The number of nitrogens with zero attached hydrogens (tertiary/aromatic N) is 3. The van der Waals surface area contributed by atoms with Gasteiger partial charge in [0.25, 0.3) is 5.91 Å². The van der Waals surface area contributed by atoms with Gasteiger partial charge in [0.1, 0.15) is 5.69 Å². The quantitative estimate of drug-likeness (QED) is 0.865. The average Bonchev–Trinajstić information content (AvgIpc) is 2.60. The van der Waals surface area contributed by atoms with Gasteiger partial charge in [-0.2, -0.15) is 0 Å². The molecule has 18 heavy (non-hydrogen) atoms. The van der Waals surface area contributed by atoms with Crippen LogP contribution in [0.3, 0.4) is 0 Å². The lowest BCUT2D eigenvalue weighted by Crippen LogP contribution is -2.38. The fraction of sp³-hybridized carbons (Fsp3) is 0.615. The minimum Gasteiger partial charge on any atom is -0.349 e. The summed E-state index contributed by atoms with van der Waals surface area (Å²) in [4.78, 5) is 22.0. The highest BCUT2D eigenvalue weighted by atomic mass is 16.1. The van der Waals surface area contributed by atoms with Gasteiger partial charge >= 0.3 is 0 Å². The molecule has 0 spiro atoms. The SMILES string of the molecule is CN1CC(C)(C)CC1CNC(=O)c1cnccn1. The van der Waals surface area contributed by atoms with Gasteiger partial charge in [0.2, 0.25) is 0 Å². The van der Waals surface area contributed by atoms with Crippen LogP contribution in [-0.2, 0) is 0 Å². The fourth-order valence-corrected chi connectivity index (χ4v) is 2.61. The molecular formula is C13H20N4O. The number of likely N-dealkylation sites (tertiary alicyclic amines) is 1. The van der Waals surface area contributed by atoms with Crippen LogP contribution in [-0.4, -0.2) is 47.0 Å². The molecular weight excluding hydrogens is 228 g/mol. The Bertz CT molecular complexity index is 418. The van der Waals surface area contributed by atoms with E-state index >= 15 is 0 Å². The van der Waals surface area contributed by atoms with Crippen LogP contribution < -0.4 is 5.32 Å². The van der Waals surface area contributed by atoms with Gasteiger partial charge in [0, 0.05) is 31.5 Å². The molecule has 0 aliphatic carbocycles. The van der Waals surface area contributed by atoms with Crippen molar-refractivity contribution in [3.05, 3.63) is 24.3 Å². The number of aromatic nitrogens is 2. The Hall–Kier alpha value is -1.49. The van der Waals surface area contributed by atoms with Crippen LogP contribution in [0.15, 0.2) is 18.6 Å². The zero-order valence-electron chi connectivity index (χ0n) is 11.2. The molecule has 1 unspecified atom stereocenters. The predicted octanol–water partition coefficient (Wildman–Crippen LogP) is 0.937. The minimum absolute atomic E-state index is 0.152. The van der Waals surface area contributed by atoms with Gasteiger partial charge < -0.3 is 10.2 Å². The van der Waals surface area contributed by atoms with Crippen molar-refractivity contribution in [3.8, 4) is 0 Å². The van der Waals surface area contributed by atoms with E-state index in [0.29, 0.717) is 23.7 Å². The van der Waals surface area contributed by atoms with Crippen molar-refractivity contribution in [1.82, 2.24) is 20.2 Å². The van der Waals surface area contributed by atoms with E-state index in [-0.39, 0.29) is 5.91 Å². The van der Waals surface area contributed by atoms with Gasteiger partial charge in [0.05, 0.1) is 6.20 Å². The van der Waals surface area contributed by atoms with Gasteiger partial charge in [-0.1, -0.05) is 13.8 Å². The van der Waals surface area contributed by atoms with E-state index in [2.05, 4.69) is 41.1 Å². The second-order valence-corrected chi connectivity index (χ2v) is 5.74. The topological polar surface area (TPSA) is 58.1 Å². The van der Waals surface area contributed by atoms with Crippen LogP contribution in [0.5, 0.6) is 0 Å². The van der Waals surface area contributed by atoms with Crippen molar-refractivity contribution < 1.29 is 4.79 Å². The van der Waals surface area contributed by atoms with Crippen molar-refractivity contribution in [2.24, 2.45) is 5.41 Å².